The van der Waals surface area contributed by atoms with E-state index in [0.29, 0.717) is 16.8 Å². The molecule has 0 radical (unpaired) electrons. The lowest BCUT2D eigenvalue weighted by molar-refractivity contribution is -0.135. The van der Waals surface area contributed by atoms with Gasteiger partial charge in [-0.25, -0.2) is 14.2 Å². The number of carboxylic acid groups (broad SMARTS) is 1. The molecule has 0 saturated heterocycles. The third-order valence-corrected chi connectivity index (χ3v) is 8.16. The van der Waals surface area contributed by atoms with E-state index in [-0.39, 0.29) is 38.2 Å². The van der Waals surface area contributed by atoms with E-state index in [1.165, 1.54) is 57.4 Å². The second kappa shape index (κ2) is 16.6. The van der Waals surface area contributed by atoms with Crippen molar-refractivity contribution in [3.8, 4) is 11.3 Å². The highest BCUT2D eigenvalue weighted by Crippen LogP contribution is 2.34. The number of anilines is 1. The zero-order valence-corrected chi connectivity index (χ0v) is 26.2. The molecule has 42 heavy (non-hydrogen) atoms. The second-order valence-corrected chi connectivity index (χ2v) is 11.4. The monoisotopic (exact) mass is 636 g/mol. The Morgan fingerprint density at radius 3 is 2.38 bits per heavy atom. The van der Waals surface area contributed by atoms with Gasteiger partial charge >= 0.3 is 5.97 Å². The number of hydrogen-bond acceptors (Lipinski definition) is 6. The number of rotatable bonds is 16. The fourth-order valence-electron chi connectivity index (χ4n) is 4.50. The first-order chi connectivity index (χ1) is 20.2. The molecule has 1 heterocycles. The van der Waals surface area contributed by atoms with Gasteiger partial charge in [-0.3, -0.25) is 10.1 Å². The number of thiazole rings is 1. The highest BCUT2D eigenvalue weighted by Gasteiger charge is 2.21. The van der Waals surface area contributed by atoms with Crippen LogP contribution in [-0.4, -0.2) is 36.2 Å². The van der Waals surface area contributed by atoms with Crippen LogP contribution in [0.25, 0.3) is 17.3 Å². The molecule has 3 rings (SSSR count). The molecule has 0 aliphatic heterocycles. The van der Waals surface area contributed by atoms with Crippen LogP contribution in [0.15, 0.2) is 41.5 Å². The number of nitrogens with zero attached hydrogens (tertiary/aromatic N) is 1. The zero-order valence-electron chi connectivity index (χ0n) is 23.8. The molecule has 7 nitrogen and oxygen atoms in total. The van der Waals surface area contributed by atoms with Crippen LogP contribution in [0.3, 0.4) is 0 Å². The highest BCUT2D eigenvalue weighted by molar-refractivity contribution is 7.14. The predicted octanol–water partition coefficient (Wildman–Crippen LogP) is 9.41. The van der Waals surface area contributed by atoms with Gasteiger partial charge in [0.2, 0.25) is 5.76 Å². The minimum Gasteiger partial charge on any atom is -0.490 e. The van der Waals surface area contributed by atoms with Crippen molar-refractivity contribution in [2.24, 2.45) is 0 Å². The lowest BCUT2D eigenvalue weighted by atomic mass is 9.98. The number of halogens is 3. The molecule has 2 N–H and O–H groups in total. The Morgan fingerprint density at radius 1 is 1.10 bits per heavy atom. The van der Waals surface area contributed by atoms with Crippen LogP contribution in [0.5, 0.6) is 0 Å². The normalized spacial score (nSPS) is 12.3. The number of carbonyl (C=O) groups excluding carboxylic acids is 1. The Bertz CT molecular complexity index is 1390. The summed E-state index contributed by atoms with van der Waals surface area (Å²) in [6, 6.07) is 7.88. The predicted molar refractivity (Wildman–Crippen MR) is 167 cm³/mol. The minimum atomic E-state index is -1.29. The zero-order chi connectivity index (χ0) is 30.6. The maximum Gasteiger partial charge on any atom is 0.371 e. The summed E-state index contributed by atoms with van der Waals surface area (Å²) in [6.07, 6.45) is 9.73. The van der Waals surface area contributed by atoms with E-state index in [0.717, 1.165) is 30.6 Å². The molecule has 0 aliphatic carbocycles. The number of amides is 1. The molecule has 2 aromatic carbocycles. The molecule has 3 aromatic rings. The molecule has 0 spiro atoms. The molecule has 0 aliphatic rings. The van der Waals surface area contributed by atoms with E-state index in [1.807, 2.05) is 0 Å². The molecule has 226 valence electrons. The van der Waals surface area contributed by atoms with Gasteiger partial charge in [-0.15, -0.1) is 11.3 Å². The fourth-order valence-corrected chi connectivity index (χ4v) is 5.80. The van der Waals surface area contributed by atoms with Crippen molar-refractivity contribution in [1.29, 1.82) is 0 Å². The number of ether oxygens (including phenoxy) is 2. The first-order valence-corrected chi connectivity index (χ1v) is 15.4. The lowest BCUT2D eigenvalue weighted by Crippen LogP contribution is -2.12. The van der Waals surface area contributed by atoms with Crippen molar-refractivity contribution in [1.82, 2.24) is 4.98 Å². The van der Waals surface area contributed by atoms with Gasteiger partial charge in [0, 0.05) is 34.7 Å². The van der Waals surface area contributed by atoms with E-state index >= 15 is 4.39 Å². The average Bonchev–Trinajstić information content (AvgIpc) is 3.42. The minimum absolute atomic E-state index is 0.0614. The standard InChI is InChI=1S/C31H35Cl2FN2O5S/c1-4-5-6-7-8-9-10-14-26(40-2)21-13-11-12-20(28(21)34)25-18-42-31(35-25)36-29(37)19-15-23(32)22(24(33)16-19)17-27(41-3)30(38)39/h11-13,15-18,26H,4-10,14H2,1-3H3,(H,38,39)(H,35,36,37)/b27-17-. The third-order valence-electron chi connectivity index (χ3n) is 6.78. The van der Waals surface area contributed by atoms with Crippen LogP contribution in [0.4, 0.5) is 9.52 Å². The summed E-state index contributed by atoms with van der Waals surface area (Å²) in [7, 11) is 2.81. The topological polar surface area (TPSA) is 97.8 Å². The molecular weight excluding hydrogens is 602 g/mol. The van der Waals surface area contributed by atoms with Gasteiger partial charge in [0.1, 0.15) is 5.82 Å². The van der Waals surface area contributed by atoms with E-state index in [4.69, 9.17) is 32.7 Å². The van der Waals surface area contributed by atoms with Crippen LogP contribution < -0.4 is 5.32 Å². The summed E-state index contributed by atoms with van der Waals surface area (Å²) in [5.74, 6) is -2.59. The van der Waals surface area contributed by atoms with Gasteiger partial charge in [-0.2, -0.15) is 0 Å². The molecule has 0 bridgehead atoms. The highest BCUT2D eigenvalue weighted by atomic mass is 35.5. The van der Waals surface area contributed by atoms with E-state index in [9.17, 15) is 14.7 Å². The number of aliphatic carboxylic acids is 1. The van der Waals surface area contributed by atoms with E-state index < -0.39 is 17.7 Å². The molecule has 1 atom stereocenters. The molecule has 1 aromatic heterocycles. The number of aromatic nitrogens is 1. The lowest BCUT2D eigenvalue weighted by Gasteiger charge is -2.17. The Balaban J connectivity index is 1.71. The third kappa shape index (κ3) is 9.01. The van der Waals surface area contributed by atoms with Crippen molar-refractivity contribution < 1.29 is 28.6 Å². The van der Waals surface area contributed by atoms with Crippen molar-refractivity contribution in [3.05, 3.63) is 74.0 Å². The second-order valence-electron chi connectivity index (χ2n) is 9.71. The summed E-state index contributed by atoms with van der Waals surface area (Å²) >= 11 is 13.7. The quantitative estimate of drug-likeness (QED) is 0.0923. The molecule has 1 unspecified atom stereocenters. The Labute approximate surface area is 259 Å². The summed E-state index contributed by atoms with van der Waals surface area (Å²) in [4.78, 5) is 28.6. The van der Waals surface area contributed by atoms with Gasteiger partial charge in [-0.1, -0.05) is 87.2 Å². The Morgan fingerprint density at radius 2 is 1.76 bits per heavy atom. The maximum atomic E-state index is 15.7. The summed E-state index contributed by atoms with van der Waals surface area (Å²) < 4.78 is 26.1. The number of unbranched alkanes of at least 4 members (excludes halogenated alkanes) is 6. The number of carbonyl (C=O) groups is 2. The number of nitrogens with one attached hydrogen (secondary N) is 1. The van der Waals surface area contributed by atoms with Crippen molar-refractivity contribution in [2.45, 2.75) is 64.4 Å². The van der Waals surface area contributed by atoms with Crippen molar-refractivity contribution in [3.63, 3.8) is 0 Å². The van der Waals surface area contributed by atoms with Gasteiger partial charge < -0.3 is 14.6 Å². The summed E-state index contributed by atoms with van der Waals surface area (Å²) in [6.45, 7) is 2.20. The van der Waals surface area contributed by atoms with Crippen LogP contribution >= 0.6 is 34.5 Å². The molecular formula is C31H35Cl2FN2O5S. The molecule has 1 amide bonds. The van der Waals surface area contributed by atoms with Crippen LogP contribution in [0, 0.1) is 5.82 Å². The number of hydrogen-bond donors (Lipinski definition) is 2. The summed E-state index contributed by atoms with van der Waals surface area (Å²) in [5.41, 5.74) is 1.52. The first-order valence-electron chi connectivity index (χ1n) is 13.8. The fraction of sp³-hybridized carbons (Fsp3) is 0.387. The van der Waals surface area contributed by atoms with Gasteiger partial charge in [0.05, 0.1) is 29.0 Å². The molecule has 11 heteroatoms. The van der Waals surface area contributed by atoms with Crippen LogP contribution in [-0.2, 0) is 14.3 Å². The van der Waals surface area contributed by atoms with Gasteiger partial charge in [0.15, 0.2) is 5.13 Å². The first kappa shape index (κ1) is 33.5. The van der Waals surface area contributed by atoms with E-state index in [2.05, 4.69) is 17.2 Å². The van der Waals surface area contributed by atoms with Crippen LogP contribution in [0.2, 0.25) is 10.0 Å². The Hall–Kier alpha value is -2.98. The van der Waals surface area contributed by atoms with Crippen LogP contribution in [0.1, 0.15) is 85.9 Å². The molecule has 0 saturated carbocycles. The number of methoxy groups -OCH3 is 2. The SMILES string of the molecule is CCCCCCCCCC(OC)c1cccc(-c2csc(NC(=O)c3cc(Cl)c(/C=C(\OC)C(=O)O)c(Cl)c3)n2)c1F. The number of benzene rings is 2. The van der Waals surface area contributed by atoms with Gasteiger partial charge in [0.25, 0.3) is 5.91 Å². The Kier molecular flexibility index (Phi) is 13.3. The van der Waals surface area contributed by atoms with Crippen molar-refractivity contribution >= 4 is 57.6 Å². The van der Waals surface area contributed by atoms with E-state index in [1.54, 1.807) is 30.7 Å². The largest absolute Gasteiger partial charge is 0.490 e. The summed E-state index contributed by atoms with van der Waals surface area (Å²) in [5, 5.41) is 13.9. The smallest absolute Gasteiger partial charge is 0.371 e. The maximum absolute atomic E-state index is 15.7. The van der Waals surface area contributed by atoms with Gasteiger partial charge in [-0.05, 0) is 30.7 Å². The average molecular weight is 638 g/mol. The number of carboxylic acids is 1. The van der Waals surface area contributed by atoms with Crippen molar-refractivity contribution in [2.75, 3.05) is 19.5 Å². The molecule has 0 fully saturated rings.